The van der Waals surface area contributed by atoms with Crippen LogP contribution in [0, 0.1) is 19.7 Å². The van der Waals surface area contributed by atoms with Gasteiger partial charge >= 0.3 is 11.8 Å². The van der Waals surface area contributed by atoms with Crippen LogP contribution in [0.15, 0.2) is 24.3 Å². The second kappa shape index (κ2) is 5.79. The van der Waals surface area contributed by atoms with Crippen LogP contribution in [0.1, 0.15) is 10.6 Å². The van der Waals surface area contributed by atoms with Gasteiger partial charge in [-0.3, -0.25) is 14.9 Å². The lowest BCUT2D eigenvalue weighted by molar-refractivity contribution is -0.132. The monoisotopic (exact) mass is 293 g/mol. The van der Waals surface area contributed by atoms with Gasteiger partial charge in [-0.05, 0) is 38.1 Å². The summed E-state index contributed by atoms with van der Waals surface area (Å²) in [4.78, 5) is 28.4. The molecule has 104 valence electrons. The van der Waals surface area contributed by atoms with Gasteiger partial charge in [-0.25, -0.2) is 9.37 Å². The van der Waals surface area contributed by atoms with Gasteiger partial charge in [0.1, 0.15) is 5.82 Å². The zero-order chi connectivity index (χ0) is 14.7. The van der Waals surface area contributed by atoms with E-state index in [4.69, 9.17) is 0 Å². The molecule has 0 radical (unpaired) electrons. The van der Waals surface area contributed by atoms with E-state index in [1.807, 2.05) is 13.8 Å². The van der Waals surface area contributed by atoms with Gasteiger partial charge in [0.25, 0.3) is 0 Å². The molecule has 1 aromatic carbocycles. The van der Waals surface area contributed by atoms with E-state index < -0.39 is 17.6 Å². The minimum absolute atomic E-state index is 0.345. The number of aryl methyl sites for hydroxylation is 2. The molecule has 1 heterocycles. The van der Waals surface area contributed by atoms with E-state index in [9.17, 15) is 14.0 Å². The van der Waals surface area contributed by atoms with Crippen molar-refractivity contribution in [3.63, 3.8) is 0 Å². The number of anilines is 2. The minimum atomic E-state index is -0.831. The summed E-state index contributed by atoms with van der Waals surface area (Å²) in [6.07, 6.45) is 0. The van der Waals surface area contributed by atoms with Crippen LogP contribution in [0.5, 0.6) is 0 Å². The van der Waals surface area contributed by atoms with Crippen molar-refractivity contribution in [2.24, 2.45) is 0 Å². The number of thiazole rings is 1. The molecule has 7 heteroatoms. The highest BCUT2D eigenvalue weighted by Crippen LogP contribution is 2.20. The Hall–Kier alpha value is -2.28. The molecule has 0 bridgehead atoms. The highest BCUT2D eigenvalue weighted by Gasteiger charge is 2.16. The van der Waals surface area contributed by atoms with E-state index in [2.05, 4.69) is 15.6 Å². The summed E-state index contributed by atoms with van der Waals surface area (Å²) in [5.74, 6) is -2.06. The molecule has 0 spiro atoms. The number of amides is 2. The van der Waals surface area contributed by atoms with Gasteiger partial charge in [-0.2, -0.15) is 0 Å². The predicted octanol–water partition coefficient (Wildman–Crippen LogP) is 2.48. The second-order valence-corrected chi connectivity index (χ2v) is 5.28. The van der Waals surface area contributed by atoms with E-state index in [0.717, 1.165) is 10.6 Å². The van der Waals surface area contributed by atoms with Crippen LogP contribution >= 0.6 is 11.3 Å². The molecule has 0 aliphatic rings. The van der Waals surface area contributed by atoms with Gasteiger partial charge in [0.2, 0.25) is 0 Å². The maximum absolute atomic E-state index is 12.7. The Labute approximate surface area is 118 Å². The third-order valence-corrected chi connectivity index (χ3v) is 3.55. The molecule has 0 saturated heterocycles. The van der Waals surface area contributed by atoms with Crippen LogP contribution in [0.25, 0.3) is 0 Å². The van der Waals surface area contributed by atoms with Crippen molar-refractivity contribution >= 4 is 34.0 Å². The molecule has 0 aliphatic carbocycles. The Bertz CT molecular complexity index is 633. The molecule has 0 aliphatic heterocycles. The van der Waals surface area contributed by atoms with Crippen molar-refractivity contribution in [1.82, 2.24) is 4.98 Å². The van der Waals surface area contributed by atoms with Crippen LogP contribution in [0.2, 0.25) is 0 Å². The fraction of sp³-hybridized carbons (Fsp3) is 0.154. The second-order valence-electron chi connectivity index (χ2n) is 4.08. The molecule has 20 heavy (non-hydrogen) atoms. The Morgan fingerprint density at radius 2 is 1.70 bits per heavy atom. The summed E-state index contributed by atoms with van der Waals surface area (Å²) in [6.45, 7) is 3.70. The summed E-state index contributed by atoms with van der Waals surface area (Å²) >= 11 is 1.30. The zero-order valence-electron chi connectivity index (χ0n) is 10.9. The number of hydrogen-bond donors (Lipinski definition) is 2. The third kappa shape index (κ3) is 3.39. The van der Waals surface area contributed by atoms with Crippen molar-refractivity contribution in [2.45, 2.75) is 13.8 Å². The van der Waals surface area contributed by atoms with Gasteiger partial charge in [-0.1, -0.05) is 0 Å². The average molecular weight is 293 g/mol. The molecule has 1 aromatic heterocycles. The molecule has 0 saturated carbocycles. The predicted molar refractivity (Wildman–Crippen MR) is 75.2 cm³/mol. The number of carbonyl (C=O) groups excluding carboxylic acids is 2. The number of rotatable bonds is 2. The summed E-state index contributed by atoms with van der Waals surface area (Å²) in [6, 6.07) is 5.14. The van der Waals surface area contributed by atoms with Gasteiger partial charge in [0.15, 0.2) is 5.13 Å². The molecule has 2 amide bonds. The summed E-state index contributed by atoms with van der Waals surface area (Å²) < 4.78 is 12.7. The molecular formula is C13H12FN3O2S. The largest absolute Gasteiger partial charge is 0.318 e. The van der Waals surface area contributed by atoms with Crippen molar-refractivity contribution in [3.05, 3.63) is 40.7 Å². The standard InChI is InChI=1S/C13H12FN3O2S/c1-7-8(2)20-13(15-7)17-12(19)11(18)16-10-5-3-9(14)4-6-10/h3-6H,1-2H3,(H,16,18)(H,15,17,19). The molecular weight excluding hydrogens is 281 g/mol. The van der Waals surface area contributed by atoms with Gasteiger partial charge in [0.05, 0.1) is 5.69 Å². The average Bonchev–Trinajstić information content (AvgIpc) is 2.71. The Morgan fingerprint density at radius 1 is 1.10 bits per heavy atom. The molecule has 2 aromatic rings. The van der Waals surface area contributed by atoms with E-state index in [-0.39, 0.29) is 0 Å². The molecule has 2 rings (SSSR count). The van der Waals surface area contributed by atoms with Crippen LogP contribution < -0.4 is 10.6 Å². The highest BCUT2D eigenvalue weighted by atomic mass is 32.1. The van der Waals surface area contributed by atoms with Crippen molar-refractivity contribution < 1.29 is 14.0 Å². The Balaban J connectivity index is 1.98. The third-order valence-electron chi connectivity index (χ3n) is 2.56. The number of benzene rings is 1. The molecule has 0 atom stereocenters. The molecule has 0 fully saturated rings. The summed E-state index contributed by atoms with van der Waals surface area (Å²) in [5.41, 5.74) is 1.15. The lowest BCUT2D eigenvalue weighted by atomic mass is 10.3. The highest BCUT2D eigenvalue weighted by molar-refractivity contribution is 7.15. The number of carbonyl (C=O) groups is 2. The Kier molecular flexibility index (Phi) is 4.09. The lowest BCUT2D eigenvalue weighted by Crippen LogP contribution is -2.29. The molecule has 5 nitrogen and oxygen atoms in total. The van der Waals surface area contributed by atoms with Gasteiger partial charge in [0, 0.05) is 10.6 Å². The topological polar surface area (TPSA) is 71.1 Å². The first-order valence-electron chi connectivity index (χ1n) is 5.77. The minimum Gasteiger partial charge on any atom is -0.318 e. The molecule has 0 unspecified atom stereocenters. The first kappa shape index (κ1) is 14.1. The van der Waals surface area contributed by atoms with E-state index in [1.54, 1.807) is 0 Å². The van der Waals surface area contributed by atoms with Crippen molar-refractivity contribution in [1.29, 1.82) is 0 Å². The fourth-order valence-corrected chi connectivity index (χ4v) is 2.21. The fourth-order valence-electron chi connectivity index (χ4n) is 1.40. The number of halogens is 1. The smallest absolute Gasteiger partial charge is 0.315 e. The quantitative estimate of drug-likeness (QED) is 0.836. The summed E-state index contributed by atoms with van der Waals surface area (Å²) in [7, 11) is 0. The van der Waals surface area contributed by atoms with E-state index in [1.165, 1.54) is 35.6 Å². The number of hydrogen-bond acceptors (Lipinski definition) is 4. The summed E-state index contributed by atoms with van der Waals surface area (Å²) in [5, 5.41) is 5.16. The maximum Gasteiger partial charge on any atom is 0.315 e. The van der Waals surface area contributed by atoms with Crippen molar-refractivity contribution in [2.75, 3.05) is 10.6 Å². The number of aromatic nitrogens is 1. The van der Waals surface area contributed by atoms with Crippen molar-refractivity contribution in [3.8, 4) is 0 Å². The first-order valence-corrected chi connectivity index (χ1v) is 6.59. The SMILES string of the molecule is Cc1nc(NC(=O)C(=O)Nc2ccc(F)cc2)sc1C. The normalized spacial score (nSPS) is 10.2. The maximum atomic E-state index is 12.7. The van der Waals surface area contributed by atoms with Crippen LogP contribution in [-0.4, -0.2) is 16.8 Å². The number of nitrogens with one attached hydrogen (secondary N) is 2. The van der Waals surface area contributed by atoms with Crippen LogP contribution in [0.3, 0.4) is 0 Å². The molecule has 2 N–H and O–H groups in total. The number of nitrogens with zero attached hydrogens (tertiary/aromatic N) is 1. The van der Waals surface area contributed by atoms with E-state index >= 15 is 0 Å². The van der Waals surface area contributed by atoms with Gasteiger partial charge < -0.3 is 5.32 Å². The lowest BCUT2D eigenvalue weighted by Gasteiger charge is -2.04. The Morgan fingerprint density at radius 3 is 2.25 bits per heavy atom. The van der Waals surface area contributed by atoms with Crippen LogP contribution in [-0.2, 0) is 9.59 Å². The van der Waals surface area contributed by atoms with Gasteiger partial charge in [-0.15, -0.1) is 11.3 Å². The zero-order valence-corrected chi connectivity index (χ0v) is 11.7. The van der Waals surface area contributed by atoms with Crippen LogP contribution in [0.4, 0.5) is 15.2 Å². The van der Waals surface area contributed by atoms with E-state index in [0.29, 0.717) is 10.8 Å². The first-order chi connectivity index (χ1) is 9.45.